The van der Waals surface area contributed by atoms with Crippen LogP contribution in [-0.4, -0.2) is 51.9 Å². The second-order valence-corrected chi connectivity index (χ2v) is 11.5. The Morgan fingerprint density at radius 3 is 2.46 bits per heavy atom. The second kappa shape index (κ2) is 10.9. The number of thioether (sulfide) groups is 1. The van der Waals surface area contributed by atoms with E-state index in [1.165, 1.54) is 0 Å². The molecular weight excluding hydrogens is 528 g/mol. The number of anilines is 1. The second-order valence-electron chi connectivity index (χ2n) is 10.0. The van der Waals surface area contributed by atoms with Gasteiger partial charge in [0.2, 0.25) is 11.8 Å². The summed E-state index contributed by atoms with van der Waals surface area (Å²) < 4.78 is 1.84. The third-order valence-corrected chi connectivity index (χ3v) is 8.81. The number of carbonyl (C=O) groups excluding carboxylic acids is 2. The summed E-state index contributed by atoms with van der Waals surface area (Å²) >= 11 is 8.00. The average Bonchev–Trinajstić information content (AvgIpc) is 3.59. The first kappa shape index (κ1) is 25.7. The fraction of sp³-hybridized carbons (Fsp3) is 0.258. The van der Waals surface area contributed by atoms with Gasteiger partial charge < -0.3 is 4.90 Å². The predicted octanol–water partition coefficient (Wildman–Crippen LogP) is 6.29. The quantitative estimate of drug-likeness (QED) is 0.290. The van der Waals surface area contributed by atoms with Crippen LogP contribution in [0.5, 0.6) is 0 Å². The van der Waals surface area contributed by atoms with Crippen molar-refractivity contribution in [2.45, 2.75) is 25.0 Å². The van der Waals surface area contributed by atoms with Gasteiger partial charge in [-0.05, 0) is 49.6 Å². The van der Waals surface area contributed by atoms with E-state index < -0.39 is 0 Å². The number of carbonyl (C=O) groups is 2. The SMILES string of the molecule is Cc1ccc(-n2nc(-c3ccccc3)c3c2N(CC(=O)N2CCCC2)C(=O)CSC3c2cccc(Cl)c2)cc1. The molecule has 1 atom stereocenters. The Kier molecular flexibility index (Phi) is 7.19. The maximum atomic E-state index is 13.8. The molecule has 39 heavy (non-hydrogen) atoms. The molecule has 1 aromatic heterocycles. The normalized spacial score (nSPS) is 17.3. The molecule has 0 radical (unpaired) electrons. The number of hydrogen-bond acceptors (Lipinski definition) is 4. The van der Waals surface area contributed by atoms with Gasteiger partial charge in [0.05, 0.1) is 22.4 Å². The van der Waals surface area contributed by atoms with E-state index in [2.05, 4.69) is 0 Å². The maximum absolute atomic E-state index is 13.8. The van der Waals surface area contributed by atoms with Crippen LogP contribution in [0.25, 0.3) is 16.9 Å². The van der Waals surface area contributed by atoms with Crippen molar-refractivity contribution < 1.29 is 9.59 Å². The fourth-order valence-electron chi connectivity index (χ4n) is 5.33. The molecule has 0 bridgehead atoms. The van der Waals surface area contributed by atoms with Crippen molar-refractivity contribution in [1.29, 1.82) is 0 Å². The average molecular weight is 557 g/mol. The Hall–Kier alpha value is -3.55. The van der Waals surface area contributed by atoms with Crippen molar-refractivity contribution in [2.75, 3.05) is 30.3 Å². The van der Waals surface area contributed by atoms with Gasteiger partial charge in [-0.25, -0.2) is 4.68 Å². The molecule has 1 fully saturated rings. The molecule has 1 unspecified atom stereocenters. The molecular formula is C31H29ClN4O2S. The van der Waals surface area contributed by atoms with E-state index in [4.69, 9.17) is 16.7 Å². The van der Waals surface area contributed by atoms with Gasteiger partial charge in [-0.15, -0.1) is 11.8 Å². The fourth-order valence-corrected chi connectivity index (χ4v) is 6.72. The summed E-state index contributed by atoms with van der Waals surface area (Å²) in [6.07, 6.45) is 1.99. The number of nitrogens with zero attached hydrogens (tertiary/aromatic N) is 4. The molecule has 1 saturated heterocycles. The van der Waals surface area contributed by atoms with Crippen LogP contribution in [0, 0.1) is 6.92 Å². The Morgan fingerprint density at radius 2 is 1.74 bits per heavy atom. The van der Waals surface area contributed by atoms with Gasteiger partial charge >= 0.3 is 0 Å². The first-order valence-electron chi connectivity index (χ1n) is 13.2. The Balaban J connectivity index is 1.60. The van der Waals surface area contributed by atoms with Crippen LogP contribution in [-0.2, 0) is 9.59 Å². The van der Waals surface area contributed by atoms with Crippen LogP contribution < -0.4 is 4.90 Å². The molecule has 0 aliphatic carbocycles. The van der Waals surface area contributed by atoms with E-state index in [1.807, 2.05) is 95.4 Å². The number of hydrogen-bond donors (Lipinski definition) is 0. The van der Waals surface area contributed by atoms with Crippen LogP contribution in [0.15, 0.2) is 78.9 Å². The van der Waals surface area contributed by atoms with E-state index in [1.54, 1.807) is 16.7 Å². The van der Waals surface area contributed by atoms with Gasteiger partial charge in [-0.1, -0.05) is 71.8 Å². The van der Waals surface area contributed by atoms with Gasteiger partial charge in [-0.2, -0.15) is 5.10 Å². The monoisotopic (exact) mass is 556 g/mol. The zero-order valence-electron chi connectivity index (χ0n) is 21.7. The minimum absolute atomic E-state index is 0.0134. The third-order valence-electron chi connectivity index (χ3n) is 7.32. The molecule has 2 aliphatic rings. The predicted molar refractivity (Wildman–Crippen MR) is 158 cm³/mol. The minimum Gasteiger partial charge on any atom is -0.341 e. The van der Waals surface area contributed by atoms with Crippen molar-refractivity contribution in [3.8, 4) is 16.9 Å². The van der Waals surface area contributed by atoms with Crippen LogP contribution >= 0.6 is 23.4 Å². The van der Waals surface area contributed by atoms with Crippen molar-refractivity contribution in [3.05, 3.63) is 101 Å². The lowest BCUT2D eigenvalue weighted by Crippen LogP contribution is -2.43. The largest absolute Gasteiger partial charge is 0.341 e. The van der Waals surface area contributed by atoms with E-state index in [0.717, 1.165) is 59.6 Å². The van der Waals surface area contributed by atoms with E-state index in [0.29, 0.717) is 10.8 Å². The van der Waals surface area contributed by atoms with Gasteiger partial charge in [-0.3, -0.25) is 14.5 Å². The Morgan fingerprint density at radius 1 is 1.00 bits per heavy atom. The lowest BCUT2D eigenvalue weighted by atomic mass is 9.99. The number of amides is 2. The van der Waals surface area contributed by atoms with Crippen LogP contribution in [0.4, 0.5) is 5.82 Å². The van der Waals surface area contributed by atoms with Crippen molar-refractivity contribution >= 4 is 41.0 Å². The van der Waals surface area contributed by atoms with E-state index in [-0.39, 0.29) is 29.4 Å². The van der Waals surface area contributed by atoms with Crippen LogP contribution in [0.3, 0.4) is 0 Å². The van der Waals surface area contributed by atoms with Gasteiger partial charge in [0.25, 0.3) is 0 Å². The first-order valence-corrected chi connectivity index (χ1v) is 14.6. The number of likely N-dealkylation sites (tertiary alicyclic amines) is 1. The smallest absolute Gasteiger partial charge is 0.242 e. The number of aryl methyl sites for hydroxylation is 1. The van der Waals surface area contributed by atoms with Crippen molar-refractivity contribution in [2.24, 2.45) is 0 Å². The number of rotatable bonds is 5. The van der Waals surface area contributed by atoms with E-state index >= 15 is 0 Å². The number of aromatic nitrogens is 2. The zero-order valence-corrected chi connectivity index (χ0v) is 23.3. The Labute approximate surface area is 237 Å². The molecule has 0 spiro atoms. The molecule has 4 aromatic rings. The highest BCUT2D eigenvalue weighted by Crippen LogP contribution is 2.48. The van der Waals surface area contributed by atoms with Gasteiger partial charge in [0, 0.05) is 29.2 Å². The number of fused-ring (bicyclic) bond motifs is 1. The third kappa shape index (κ3) is 5.09. The minimum atomic E-state index is -0.205. The first-order chi connectivity index (χ1) is 19.0. The van der Waals surface area contributed by atoms with Gasteiger partial charge in [0.1, 0.15) is 12.4 Å². The molecule has 3 aromatic carbocycles. The molecule has 6 rings (SSSR count). The molecule has 2 aliphatic heterocycles. The van der Waals surface area contributed by atoms with Gasteiger partial charge in [0.15, 0.2) is 0 Å². The zero-order chi connectivity index (χ0) is 26.9. The standard InChI is InChI=1S/C31H29ClN4O2S/c1-21-12-14-25(15-13-21)36-31-28(29(33-36)22-8-3-2-4-9-22)30(23-10-7-11-24(32)18-23)39-20-27(38)35(31)19-26(37)34-16-5-6-17-34/h2-4,7-15,18,30H,5-6,16-17,19-20H2,1H3. The lowest BCUT2D eigenvalue weighted by molar-refractivity contribution is -0.130. The summed E-state index contributed by atoms with van der Waals surface area (Å²) in [5, 5.41) is 5.58. The maximum Gasteiger partial charge on any atom is 0.242 e. The summed E-state index contributed by atoms with van der Waals surface area (Å²) in [6, 6.07) is 25.9. The summed E-state index contributed by atoms with van der Waals surface area (Å²) in [7, 11) is 0. The highest BCUT2D eigenvalue weighted by Gasteiger charge is 2.38. The highest BCUT2D eigenvalue weighted by atomic mass is 35.5. The van der Waals surface area contributed by atoms with E-state index in [9.17, 15) is 9.59 Å². The van der Waals surface area contributed by atoms with Crippen molar-refractivity contribution in [3.63, 3.8) is 0 Å². The Bertz CT molecular complexity index is 1510. The summed E-state index contributed by atoms with van der Waals surface area (Å²) in [6.45, 7) is 3.50. The molecule has 8 heteroatoms. The molecule has 0 saturated carbocycles. The van der Waals surface area contributed by atoms with Crippen LogP contribution in [0.2, 0.25) is 5.02 Å². The van der Waals surface area contributed by atoms with Crippen molar-refractivity contribution in [1.82, 2.24) is 14.7 Å². The molecule has 3 heterocycles. The number of halogens is 1. The highest BCUT2D eigenvalue weighted by molar-refractivity contribution is 8.00. The van der Waals surface area contributed by atoms with Crippen LogP contribution in [0.1, 0.15) is 34.8 Å². The summed E-state index contributed by atoms with van der Waals surface area (Å²) in [5.74, 6) is 0.744. The molecule has 6 nitrogen and oxygen atoms in total. The number of benzene rings is 3. The lowest BCUT2D eigenvalue weighted by Gasteiger charge is -2.25. The molecule has 2 amide bonds. The summed E-state index contributed by atoms with van der Waals surface area (Å²) in [4.78, 5) is 30.8. The summed E-state index contributed by atoms with van der Waals surface area (Å²) in [5.41, 5.74) is 5.61. The molecule has 198 valence electrons. The molecule has 0 N–H and O–H groups in total. The topological polar surface area (TPSA) is 58.4 Å².